The molecule has 0 heterocycles. The number of ether oxygens (including phenoxy) is 1. The number of amides is 1. The van der Waals surface area contributed by atoms with Crippen LogP contribution in [0.15, 0.2) is 18.2 Å². The molecular weight excluding hydrogens is 218 g/mol. The summed E-state index contributed by atoms with van der Waals surface area (Å²) in [6.07, 6.45) is 0. The third-order valence-electron chi connectivity index (χ3n) is 2.18. The molecule has 0 saturated heterocycles. The van der Waals surface area contributed by atoms with Crippen LogP contribution in [0, 0.1) is 0 Å². The van der Waals surface area contributed by atoms with Crippen LogP contribution in [0.1, 0.15) is 6.92 Å². The third kappa shape index (κ3) is 4.22. The first-order valence-electron chi connectivity index (χ1n) is 5.50. The van der Waals surface area contributed by atoms with Crippen LogP contribution in [0.5, 0.6) is 5.75 Å². The number of benzene rings is 1. The molecule has 0 spiro atoms. The van der Waals surface area contributed by atoms with Gasteiger partial charge in [-0.2, -0.15) is 0 Å². The fraction of sp³-hybridized carbons (Fsp3) is 0.417. The molecule has 0 aliphatic heterocycles. The molecule has 94 valence electrons. The van der Waals surface area contributed by atoms with E-state index in [1.165, 1.54) is 4.90 Å². The predicted octanol–water partition coefficient (Wildman–Crippen LogP) is 1.17. The Morgan fingerprint density at radius 1 is 1.41 bits per heavy atom. The summed E-state index contributed by atoms with van der Waals surface area (Å²) < 4.78 is 5.37. The molecule has 0 unspecified atom stereocenters. The highest BCUT2D eigenvalue weighted by Gasteiger charge is 2.04. The number of nitrogens with two attached hydrogens (primary N) is 1. The number of likely N-dealkylation sites (N-methyl/N-ethyl adjacent to an activating group) is 1. The quantitative estimate of drug-likeness (QED) is 0.754. The zero-order chi connectivity index (χ0) is 12.8. The maximum absolute atomic E-state index is 11.4. The van der Waals surface area contributed by atoms with Crippen molar-refractivity contribution in [3.63, 3.8) is 0 Å². The zero-order valence-corrected chi connectivity index (χ0v) is 10.5. The van der Waals surface area contributed by atoms with Crippen LogP contribution in [0.3, 0.4) is 0 Å². The number of carbonyl (C=O) groups is 1. The molecular formula is C12H19N3O2. The van der Waals surface area contributed by atoms with Gasteiger partial charge in [-0.05, 0) is 13.0 Å². The van der Waals surface area contributed by atoms with Gasteiger partial charge in [0.05, 0.1) is 13.2 Å². The number of nitrogens with zero attached hydrogens (tertiary/aromatic N) is 1. The van der Waals surface area contributed by atoms with Gasteiger partial charge in [0.2, 0.25) is 5.91 Å². The van der Waals surface area contributed by atoms with Crippen molar-refractivity contribution in [2.45, 2.75) is 6.92 Å². The SMILES string of the molecule is CCOc1cc(N)cc(NCC(=O)N(C)C)c1. The molecule has 0 aromatic heterocycles. The second kappa shape index (κ2) is 5.98. The lowest BCUT2D eigenvalue weighted by Gasteiger charge is -2.13. The monoisotopic (exact) mass is 237 g/mol. The molecule has 5 heteroatoms. The number of nitrogen functional groups attached to an aromatic ring is 1. The Kier molecular flexibility index (Phi) is 4.63. The van der Waals surface area contributed by atoms with Gasteiger partial charge in [0.1, 0.15) is 5.75 Å². The second-order valence-electron chi connectivity index (χ2n) is 3.87. The van der Waals surface area contributed by atoms with Crippen molar-refractivity contribution in [2.75, 3.05) is 38.3 Å². The van der Waals surface area contributed by atoms with E-state index in [1.807, 2.05) is 13.0 Å². The molecule has 0 radical (unpaired) electrons. The van der Waals surface area contributed by atoms with E-state index in [2.05, 4.69) is 5.32 Å². The van der Waals surface area contributed by atoms with Gasteiger partial charge in [-0.15, -0.1) is 0 Å². The molecule has 17 heavy (non-hydrogen) atoms. The summed E-state index contributed by atoms with van der Waals surface area (Å²) in [4.78, 5) is 12.9. The minimum atomic E-state index is 0.00499. The van der Waals surface area contributed by atoms with Crippen LogP contribution in [0.4, 0.5) is 11.4 Å². The second-order valence-corrected chi connectivity index (χ2v) is 3.87. The fourth-order valence-electron chi connectivity index (χ4n) is 1.31. The van der Waals surface area contributed by atoms with Crippen LogP contribution in [-0.4, -0.2) is 38.1 Å². The molecule has 0 fully saturated rings. The highest BCUT2D eigenvalue weighted by Crippen LogP contribution is 2.22. The van der Waals surface area contributed by atoms with Gasteiger partial charge in [0, 0.05) is 37.6 Å². The third-order valence-corrected chi connectivity index (χ3v) is 2.18. The van der Waals surface area contributed by atoms with E-state index in [0.29, 0.717) is 18.0 Å². The summed E-state index contributed by atoms with van der Waals surface area (Å²) >= 11 is 0. The summed E-state index contributed by atoms with van der Waals surface area (Å²) in [5.41, 5.74) is 7.13. The molecule has 5 nitrogen and oxygen atoms in total. The molecule has 0 bridgehead atoms. The van der Waals surface area contributed by atoms with Gasteiger partial charge >= 0.3 is 0 Å². The Hall–Kier alpha value is -1.91. The zero-order valence-electron chi connectivity index (χ0n) is 10.5. The van der Waals surface area contributed by atoms with E-state index in [1.54, 1.807) is 26.2 Å². The van der Waals surface area contributed by atoms with Crippen LogP contribution < -0.4 is 15.8 Å². The van der Waals surface area contributed by atoms with E-state index < -0.39 is 0 Å². The smallest absolute Gasteiger partial charge is 0.241 e. The summed E-state index contributed by atoms with van der Waals surface area (Å²) in [6, 6.07) is 5.34. The van der Waals surface area contributed by atoms with Crippen molar-refractivity contribution < 1.29 is 9.53 Å². The summed E-state index contributed by atoms with van der Waals surface area (Å²) in [5.74, 6) is 0.706. The molecule has 0 aliphatic rings. The van der Waals surface area contributed by atoms with E-state index in [0.717, 1.165) is 5.69 Å². The summed E-state index contributed by atoms with van der Waals surface area (Å²) in [7, 11) is 3.43. The normalized spacial score (nSPS) is 9.82. The van der Waals surface area contributed by atoms with Gasteiger partial charge < -0.3 is 20.7 Å². The molecule has 0 aliphatic carbocycles. The number of anilines is 2. The highest BCUT2D eigenvalue weighted by atomic mass is 16.5. The maximum Gasteiger partial charge on any atom is 0.241 e. The van der Waals surface area contributed by atoms with Crippen LogP contribution in [-0.2, 0) is 4.79 Å². The van der Waals surface area contributed by atoms with E-state index >= 15 is 0 Å². The Morgan fingerprint density at radius 3 is 2.71 bits per heavy atom. The Bertz CT molecular complexity index is 391. The Labute approximate surface area is 102 Å². The van der Waals surface area contributed by atoms with Crippen LogP contribution in [0.25, 0.3) is 0 Å². The largest absolute Gasteiger partial charge is 0.494 e. The number of rotatable bonds is 5. The van der Waals surface area contributed by atoms with Crippen molar-refractivity contribution in [2.24, 2.45) is 0 Å². The first kappa shape index (κ1) is 13.2. The Morgan fingerprint density at radius 2 is 2.12 bits per heavy atom. The summed E-state index contributed by atoms with van der Waals surface area (Å²) in [5, 5.41) is 3.01. The topological polar surface area (TPSA) is 67.6 Å². The van der Waals surface area contributed by atoms with Crippen LogP contribution in [0.2, 0.25) is 0 Å². The number of hydrogen-bond donors (Lipinski definition) is 2. The molecule has 1 aromatic carbocycles. The first-order chi connectivity index (χ1) is 8.02. The molecule has 1 aromatic rings. The predicted molar refractivity (Wildman–Crippen MR) is 69.2 cm³/mol. The molecule has 3 N–H and O–H groups in total. The highest BCUT2D eigenvalue weighted by molar-refractivity contribution is 5.80. The van der Waals surface area contributed by atoms with E-state index in [4.69, 9.17) is 10.5 Å². The van der Waals surface area contributed by atoms with Crippen molar-refractivity contribution in [1.82, 2.24) is 4.90 Å². The summed E-state index contributed by atoms with van der Waals surface area (Å²) in [6.45, 7) is 2.73. The minimum Gasteiger partial charge on any atom is -0.494 e. The van der Waals surface area contributed by atoms with Crippen molar-refractivity contribution in [3.05, 3.63) is 18.2 Å². The van der Waals surface area contributed by atoms with E-state index in [9.17, 15) is 4.79 Å². The van der Waals surface area contributed by atoms with E-state index in [-0.39, 0.29) is 12.5 Å². The lowest BCUT2D eigenvalue weighted by Crippen LogP contribution is -2.28. The van der Waals surface area contributed by atoms with Gasteiger partial charge in [-0.3, -0.25) is 4.79 Å². The lowest BCUT2D eigenvalue weighted by atomic mass is 10.2. The molecule has 0 saturated carbocycles. The lowest BCUT2D eigenvalue weighted by molar-refractivity contribution is -0.126. The van der Waals surface area contributed by atoms with Crippen molar-refractivity contribution in [3.8, 4) is 5.75 Å². The molecule has 1 amide bonds. The minimum absolute atomic E-state index is 0.00499. The van der Waals surface area contributed by atoms with Crippen LogP contribution >= 0.6 is 0 Å². The molecule has 0 atom stereocenters. The first-order valence-corrected chi connectivity index (χ1v) is 5.50. The number of hydrogen-bond acceptors (Lipinski definition) is 4. The number of nitrogens with one attached hydrogen (secondary N) is 1. The number of carbonyl (C=O) groups excluding carboxylic acids is 1. The molecule has 1 rings (SSSR count). The standard InChI is InChI=1S/C12H19N3O2/c1-4-17-11-6-9(13)5-10(7-11)14-8-12(16)15(2)3/h5-7,14H,4,8,13H2,1-3H3. The van der Waals surface area contributed by atoms with Gasteiger partial charge in [0.25, 0.3) is 0 Å². The van der Waals surface area contributed by atoms with Crippen molar-refractivity contribution >= 4 is 17.3 Å². The van der Waals surface area contributed by atoms with Gasteiger partial charge in [0.15, 0.2) is 0 Å². The van der Waals surface area contributed by atoms with Gasteiger partial charge in [-0.1, -0.05) is 0 Å². The average Bonchev–Trinajstić information content (AvgIpc) is 2.25. The maximum atomic E-state index is 11.4. The fourth-order valence-corrected chi connectivity index (χ4v) is 1.31. The Balaban J connectivity index is 2.67. The van der Waals surface area contributed by atoms with Crippen molar-refractivity contribution in [1.29, 1.82) is 0 Å². The average molecular weight is 237 g/mol. The van der Waals surface area contributed by atoms with Gasteiger partial charge in [-0.25, -0.2) is 0 Å².